The van der Waals surface area contributed by atoms with Crippen molar-refractivity contribution in [1.29, 1.82) is 5.26 Å². The van der Waals surface area contributed by atoms with Gasteiger partial charge in [0.2, 0.25) is 0 Å². The lowest BCUT2D eigenvalue weighted by Gasteiger charge is -2.27. The van der Waals surface area contributed by atoms with Crippen LogP contribution in [0.4, 0.5) is 13.2 Å². The summed E-state index contributed by atoms with van der Waals surface area (Å²) in [4.78, 5) is 0. The summed E-state index contributed by atoms with van der Waals surface area (Å²) in [5.41, 5.74) is -0.402. The summed E-state index contributed by atoms with van der Waals surface area (Å²) in [6.07, 6.45) is -3.40. The van der Waals surface area contributed by atoms with Gasteiger partial charge in [0.25, 0.3) is 0 Å². The number of hydrogen-bond acceptors (Lipinski definition) is 3. The number of nitriles is 1. The van der Waals surface area contributed by atoms with Crippen molar-refractivity contribution in [3.8, 4) is 6.07 Å². The molecular weight excluding hydrogens is 295 g/mol. The molecule has 1 aliphatic heterocycles. The zero-order valence-electron chi connectivity index (χ0n) is 11.1. The van der Waals surface area contributed by atoms with Gasteiger partial charge in [0.1, 0.15) is 17.9 Å². The number of ether oxygens (including phenoxy) is 1. The number of nitrogens with zero attached hydrogens (tertiary/aromatic N) is 1. The number of rotatable bonds is 1. The highest BCUT2D eigenvalue weighted by Crippen LogP contribution is 2.33. The fraction of sp³-hybridized carbons (Fsp3) is 0.188. The predicted octanol–water partition coefficient (Wildman–Crippen LogP) is 1.29. The van der Waals surface area contributed by atoms with Crippen LogP contribution in [0.2, 0.25) is 0 Å². The van der Waals surface area contributed by atoms with Crippen LogP contribution in [0.15, 0.2) is 48.1 Å². The Hall–Kier alpha value is -2.52. The quantitative estimate of drug-likeness (QED) is 0.796. The summed E-state index contributed by atoms with van der Waals surface area (Å²) in [6.45, 7) is 0. The fourth-order valence-electron chi connectivity index (χ4n) is 2.52. The van der Waals surface area contributed by atoms with Crippen LogP contribution in [-0.2, 0) is 4.74 Å². The Bertz CT molecular complexity index is 843. The first-order valence-electron chi connectivity index (χ1n) is 6.46. The third kappa shape index (κ3) is 2.30. The molecule has 6 heteroatoms. The number of halogens is 3. The molecule has 0 fully saturated rings. The minimum atomic E-state index is -4.44. The monoisotopic (exact) mass is 305 g/mol. The smallest absolute Gasteiger partial charge is 0.416 e. The average molecular weight is 305 g/mol. The molecule has 2 unspecified atom stereocenters. The Morgan fingerprint density at radius 3 is 2.55 bits per heavy atom. The fourth-order valence-corrected chi connectivity index (χ4v) is 2.52. The summed E-state index contributed by atoms with van der Waals surface area (Å²) in [5, 5.41) is 19.6. The summed E-state index contributed by atoms with van der Waals surface area (Å²) in [7, 11) is 0. The molecule has 1 aromatic rings. The number of allylic oxidation sites excluding steroid dienone is 2. The molecule has 3 rings (SSSR count). The van der Waals surface area contributed by atoms with Crippen LogP contribution in [0.25, 0.3) is 11.3 Å². The van der Waals surface area contributed by atoms with E-state index in [0.717, 1.165) is 12.2 Å². The lowest BCUT2D eigenvalue weighted by atomic mass is 9.93. The van der Waals surface area contributed by atoms with E-state index in [1.54, 1.807) is 30.3 Å². The second kappa shape index (κ2) is 5.04. The highest BCUT2D eigenvalue weighted by atomic mass is 19.4. The second-order valence-corrected chi connectivity index (χ2v) is 4.89. The minimum Gasteiger partial charge on any atom is -0.481 e. The molecule has 3 nitrogen and oxygen atoms in total. The molecule has 0 amide bonds. The molecule has 1 N–H and O–H groups in total. The van der Waals surface area contributed by atoms with Gasteiger partial charge in [-0.05, 0) is 17.4 Å². The molecule has 0 radical (unpaired) electrons. The number of aliphatic hydroxyl groups excluding tert-OH is 1. The topological polar surface area (TPSA) is 53.2 Å². The minimum absolute atomic E-state index is 0.0559. The van der Waals surface area contributed by atoms with Gasteiger partial charge in [0.05, 0.1) is 5.57 Å². The Labute approximate surface area is 123 Å². The Morgan fingerprint density at radius 2 is 1.91 bits per heavy atom. The van der Waals surface area contributed by atoms with Crippen molar-refractivity contribution in [2.45, 2.75) is 18.4 Å². The zero-order valence-corrected chi connectivity index (χ0v) is 11.1. The molecule has 2 aliphatic rings. The molecule has 1 aliphatic carbocycles. The van der Waals surface area contributed by atoms with E-state index in [1.807, 2.05) is 0 Å². The molecule has 2 atom stereocenters. The second-order valence-electron chi connectivity index (χ2n) is 4.89. The maximum Gasteiger partial charge on any atom is 0.416 e. The van der Waals surface area contributed by atoms with Gasteiger partial charge in [0, 0.05) is 10.8 Å². The molecule has 1 heterocycles. The molecule has 0 saturated carbocycles. The first kappa shape index (κ1) is 14.4. The molecule has 0 spiro atoms. The van der Waals surface area contributed by atoms with Gasteiger partial charge in [-0.3, -0.25) is 0 Å². The SMILES string of the molecule is N#CC(O)C1=c2ccccc2=C2C=C(C(F)(F)F)C=CC2O1. The van der Waals surface area contributed by atoms with Crippen LogP contribution in [-0.4, -0.2) is 23.5 Å². The van der Waals surface area contributed by atoms with E-state index in [2.05, 4.69) is 0 Å². The Balaban J connectivity index is 2.32. The van der Waals surface area contributed by atoms with Crippen LogP contribution >= 0.6 is 0 Å². The highest BCUT2D eigenvalue weighted by Gasteiger charge is 2.36. The van der Waals surface area contributed by atoms with Crippen molar-refractivity contribution in [2.24, 2.45) is 0 Å². The maximum atomic E-state index is 12.9. The summed E-state index contributed by atoms with van der Waals surface area (Å²) in [6, 6.07) is 8.27. The highest BCUT2D eigenvalue weighted by molar-refractivity contribution is 5.72. The number of hydrogen-bond donors (Lipinski definition) is 1. The van der Waals surface area contributed by atoms with Gasteiger partial charge in [-0.25, -0.2) is 0 Å². The van der Waals surface area contributed by atoms with E-state index in [1.165, 1.54) is 6.08 Å². The van der Waals surface area contributed by atoms with Gasteiger partial charge >= 0.3 is 6.18 Å². The summed E-state index contributed by atoms with van der Waals surface area (Å²) >= 11 is 0. The average Bonchev–Trinajstić information content (AvgIpc) is 2.52. The molecule has 0 bridgehead atoms. The van der Waals surface area contributed by atoms with Crippen molar-refractivity contribution in [3.63, 3.8) is 0 Å². The van der Waals surface area contributed by atoms with E-state index in [4.69, 9.17) is 10.00 Å². The summed E-state index contributed by atoms with van der Waals surface area (Å²) in [5.74, 6) is 0.0559. The largest absolute Gasteiger partial charge is 0.481 e. The number of fused-ring (bicyclic) bond motifs is 2. The maximum absolute atomic E-state index is 12.9. The molecular formula is C16H10F3NO2. The van der Waals surface area contributed by atoms with Crippen LogP contribution in [0.5, 0.6) is 0 Å². The van der Waals surface area contributed by atoms with Gasteiger partial charge < -0.3 is 9.84 Å². The van der Waals surface area contributed by atoms with E-state index < -0.39 is 24.0 Å². The van der Waals surface area contributed by atoms with Gasteiger partial charge in [-0.15, -0.1) is 0 Å². The molecule has 0 aromatic heterocycles. The normalized spacial score (nSPS) is 21.2. The van der Waals surface area contributed by atoms with Crippen molar-refractivity contribution in [3.05, 3.63) is 58.5 Å². The van der Waals surface area contributed by atoms with Crippen molar-refractivity contribution >= 4 is 11.3 Å². The predicted molar refractivity (Wildman–Crippen MR) is 72.3 cm³/mol. The standard InChI is InChI=1S/C16H10F3NO2/c17-16(18,19)9-5-6-14-12(7-9)10-3-1-2-4-11(10)15(22-14)13(21)8-20/h1-7,13-14,21H. The molecule has 1 aromatic carbocycles. The van der Waals surface area contributed by atoms with Crippen LogP contribution in [0.3, 0.4) is 0 Å². The Kier molecular flexibility index (Phi) is 3.30. The number of benzene rings is 1. The van der Waals surface area contributed by atoms with Crippen molar-refractivity contribution in [2.75, 3.05) is 0 Å². The van der Waals surface area contributed by atoms with Crippen LogP contribution in [0, 0.1) is 11.3 Å². The number of aliphatic hydroxyl groups is 1. The first-order chi connectivity index (χ1) is 10.4. The van der Waals surface area contributed by atoms with Crippen molar-refractivity contribution in [1.82, 2.24) is 0 Å². The van der Waals surface area contributed by atoms with E-state index in [-0.39, 0.29) is 5.76 Å². The van der Waals surface area contributed by atoms with Gasteiger partial charge in [0.15, 0.2) is 6.10 Å². The third-order valence-corrected chi connectivity index (χ3v) is 3.52. The van der Waals surface area contributed by atoms with E-state index in [0.29, 0.717) is 16.0 Å². The lowest BCUT2D eigenvalue weighted by Crippen LogP contribution is -2.41. The third-order valence-electron chi connectivity index (χ3n) is 3.52. The molecule has 22 heavy (non-hydrogen) atoms. The van der Waals surface area contributed by atoms with Gasteiger partial charge in [-0.1, -0.05) is 30.3 Å². The van der Waals surface area contributed by atoms with E-state index in [9.17, 15) is 18.3 Å². The van der Waals surface area contributed by atoms with E-state index >= 15 is 0 Å². The van der Waals surface area contributed by atoms with Crippen molar-refractivity contribution < 1.29 is 23.0 Å². The zero-order chi connectivity index (χ0) is 15.9. The Morgan fingerprint density at radius 1 is 1.23 bits per heavy atom. The first-order valence-corrected chi connectivity index (χ1v) is 6.46. The summed E-state index contributed by atoms with van der Waals surface area (Å²) < 4.78 is 44.2. The lowest BCUT2D eigenvalue weighted by molar-refractivity contribution is -0.0883. The van der Waals surface area contributed by atoms with Crippen LogP contribution in [0.1, 0.15) is 0 Å². The van der Waals surface area contributed by atoms with Crippen LogP contribution < -0.4 is 10.4 Å². The molecule has 112 valence electrons. The molecule has 0 saturated heterocycles. The number of alkyl halides is 3. The van der Waals surface area contributed by atoms with Gasteiger partial charge in [-0.2, -0.15) is 18.4 Å².